The Balaban J connectivity index is 0.000000617. The molecular formula is C33H23F15O. The van der Waals surface area contributed by atoms with Crippen molar-refractivity contribution in [2.24, 2.45) is 0 Å². The smallest absolute Gasteiger partial charge is 0.198 e. The van der Waals surface area contributed by atoms with Crippen molar-refractivity contribution in [3.63, 3.8) is 0 Å². The van der Waals surface area contributed by atoms with Gasteiger partial charge in [0.1, 0.15) is 5.82 Å². The summed E-state index contributed by atoms with van der Waals surface area (Å²) < 4.78 is 187. The minimum absolute atomic E-state index is 0.00204. The lowest BCUT2D eigenvalue weighted by Gasteiger charge is -2.04. The Bertz CT molecular complexity index is 1700. The quantitative estimate of drug-likeness (QED) is 0.0946. The lowest BCUT2D eigenvalue weighted by atomic mass is 10.1. The minimum atomic E-state index is -1.86. The predicted octanol–water partition coefficient (Wildman–Crippen LogP) is 10.4. The molecule has 0 saturated heterocycles. The van der Waals surface area contributed by atoms with Crippen LogP contribution in [-0.4, -0.2) is 12.2 Å². The molecule has 0 aromatic heterocycles. The SMILES string of the molecule is CCc1c(F)cc(C)c(F)c1F.CO.Cc1cc(F)c(F)c(F)c1F.[CH2]c1cc(F)c(F)c(F)c1F.[CH]=C=Cc1cc(F)c(F)c(F)c1F. The van der Waals surface area contributed by atoms with Gasteiger partial charge in [-0.3, -0.25) is 0 Å². The third kappa shape index (κ3) is 11.5. The average molecular weight is 721 g/mol. The number of halogens is 15. The number of hydrogen-bond acceptors (Lipinski definition) is 1. The van der Waals surface area contributed by atoms with Crippen LogP contribution in [0.25, 0.3) is 6.08 Å². The van der Waals surface area contributed by atoms with Crippen LogP contribution in [0.5, 0.6) is 0 Å². The number of hydrogen-bond donors (Lipinski definition) is 1. The van der Waals surface area contributed by atoms with Gasteiger partial charge in [0.05, 0.1) is 0 Å². The van der Waals surface area contributed by atoms with E-state index in [1.807, 2.05) is 5.73 Å². The summed E-state index contributed by atoms with van der Waals surface area (Å²) >= 11 is 0. The van der Waals surface area contributed by atoms with E-state index in [-0.39, 0.29) is 23.1 Å². The van der Waals surface area contributed by atoms with Gasteiger partial charge in [0.25, 0.3) is 0 Å². The van der Waals surface area contributed by atoms with Crippen LogP contribution in [-0.2, 0) is 6.42 Å². The van der Waals surface area contributed by atoms with Crippen LogP contribution in [0.3, 0.4) is 0 Å². The van der Waals surface area contributed by atoms with Gasteiger partial charge in [0.2, 0.25) is 0 Å². The second kappa shape index (κ2) is 20.0. The summed E-state index contributed by atoms with van der Waals surface area (Å²) in [5.74, 6) is -22.1. The second-order valence-electron chi connectivity index (χ2n) is 8.91. The van der Waals surface area contributed by atoms with Gasteiger partial charge in [-0.05, 0) is 80.8 Å². The van der Waals surface area contributed by atoms with E-state index >= 15 is 0 Å². The van der Waals surface area contributed by atoms with Gasteiger partial charge < -0.3 is 5.11 Å². The summed E-state index contributed by atoms with van der Waals surface area (Å²) in [6.07, 6.45) is 0.968. The van der Waals surface area contributed by atoms with Crippen LogP contribution in [0.15, 0.2) is 30.0 Å². The molecule has 0 fully saturated rings. The maximum Gasteiger partial charge on any atom is 0.198 e. The van der Waals surface area contributed by atoms with Crippen LogP contribution in [0.1, 0.15) is 34.7 Å². The Morgan fingerprint density at radius 1 is 0.531 bits per heavy atom. The van der Waals surface area contributed by atoms with Gasteiger partial charge in [-0.15, -0.1) is 5.73 Å². The summed E-state index contributed by atoms with van der Waals surface area (Å²) in [5.41, 5.74) is 0.463. The molecule has 0 aliphatic rings. The standard InChI is InChI=1S/C9H3F4.C9H9F3.C7H4F4.C7H3F4.CH4O/c1-2-3-5-4-6(10)8(12)9(13)7(5)11;1-3-6-7(10)4-5(2)8(11)9(6)12;2*1-3-2-4(8)6(10)7(11)5(3)9;1-2/h1,3-4H;4H,3H2,1-2H3;2H,1H3;2H,1H2;2H,1H3. The van der Waals surface area contributed by atoms with Crippen LogP contribution in [0.2, 0.25) is 0 Å². The first-order valence-electron chi connectivity index (χ1n) is 12.9. The van der Waals surface area contributed by atoms with Crippen LogP contribution < -0.4 is 0 Å². The molecule has 0 aliphatic heterocycles. The normalized spacial score (nSPS) is 9.82. The largest absolute Gasteiger partial charge is 0.400 e. The molecule has 49 heavy (non-hydrogen) atoms. The molecule has 0 spiro atoms. The zero-order valence-corrected chi connectivity index (χ0v) is 25.5. The summed E-state index contributed by atoms with van der Waals surface area (Å²) in [4.78, 5) is 0. The van der Waals surface area contributed by atoms with Crippen molar-refractivity contribution in [1.29, 1.82) is 0 Å². The van der Waals surface area contributed by atoms with Crippen molar-refractivity contribution in [1.82, 2.24) is 0 Å². The molecule has 2 radical (unpaired) electrons. The van der Waals surface area contributed by atoms with E-state index in [4.69, 9.17) is 11.7 Å². The Labute approximate surface area is 270 Å². The zero-order valence-electron chi connectivity index (χ0n) is 25.5. The van der Waals surface area contributed by atoms with Gasteiger partial charge in [0, 0.05) is 18.2 Å². The fourth-order valence-electron chi connectivity index (χ4n) is 3.17. The topological polar surface area (TPSA) is 20.2 Å². The summed E-state index contributed by atoms with van der Waals surface area (Å²) in [5, 5.41) is 7.00. The van der Waals surface area contributed by atoms with Crippen molar-refractivity contribution in [3.05, 3.63) is 159 Å². The number of benzene rings is 4. The lowest BCUT2D eigenvalue weighted by molar-refractivity contribution is 0.399. The van der Waals surface area contributed by atoms with Crippen molar-refractivity contribution < 1.29 is 71.0 Å². The molecule has 4 aromatic rings. The summed E-state index contributed by atoms with van der Waals surface area (Å²) in [6, 6.07) is 2.60. The van der Waals surface area contributed by atoms with Crippen molar-refractivity contribution in [3.8, 4) is 0 Å². The molecule has 1 N–H and O–H groups in total. The first-order valence-corrected chi connectivity index (χ1v) is 12.9. The lowest BCUT2D eigenvalue weighted by Crippen LogP contribution is -1.99. The van der Waals surface area contributed by atoms with E-state index in [1.54, 1.807) is 6.92 Å². The molecule has 0 heterocycles. The maximum absolute atomic E-state index is 12.9. The molecule has 0 unspecified atom stereocenters. The van der Waals surface area contributed by atoms with Gasteiger partial charge in [-0.1, -0.05) is 6.92 Å². The molecule has 1 nitrogen and oxygen atoms in total. The van der Waals surface area contributed by atoms with Crippen LogP contribution in [0, 0.1) is 115 Å². The molecule has 0 saturated carbocycles. The van der Waals surface area contributed by atoms with Gasteiger partial charge >= 0.3 is 0 Å². The van der Waals surface area contributed by atoms with E-state index in [2.05, 4.69) is 6.92 Å². The molecule has 4 aromatic carbocycles. The highest BCUT2D eigenvalue weighted by Crippen LogP contribution is 2.21. The maximum atomic E-state index is 12.9. The first kappa shape index (κ1) is 44.3. The first-order chi connectivity index (χ1) is 22.7. The minimum Gasteiger partial charge on any atom is -0.400 e. The molecule has 4 rings (SSSR count). The fraction of sp³-hybridized carbons (Fsp3) is 0.152. The monoisotopic (exact) mass is 720 g/mol. The van der Waals surface area contributed by atoms with Gasteiger partial charge in [-0.25, -0.2) is 65.9 Å². The van der Waals surface area contributed by atoms with E-state index < -0.39 is 98.4 Å². The van der Waals surface area contributed by atoms with E-state index in [0.717, 1.165) is 26.2 Å². The number of aliphatic hydroxyl groups excluding tert-OH is 1. The fourth-order valence-corrected chi connectivity index (χ4v) is 3.17. The Morgan fingerprint density at radius 3 is 1.35 bits per heavy atom. The molecule has 0 aliphatic carbocycles. The molecule has 0 amide bonds. The van der Waals surface area contributed by atoms with Crippen LogP contribution in [0.4, 0.5) is 65.9 Å². The number of aryl methyl sites for hydroxylation is 2. The molecule has 0 atom stereocenters. The highest BCUT2D eigenvalue weighted by atomic mass is 19.2. The molecule has 0 bridgehead atoms. The number of rotatable bonds is 2. The highest BCUT2D eigenvalue weighted by Gasteiger charge is 2.18. The third-order valence-corrected chi connectivity index (χ3v) is 5.62. The average Bonchev–Trinajstić information content (AvgIpc) is 3.07. The van der Waals surface area contributed by atoms with Crippen molar-refractivity contribution in [2.75, 3.05) is 7.11 Å². The van der Waals surface area contributed by atoms with Crippen molar-refractivity contribution >= 4 is 6.08 Å². The second-order valence-corrected chi connectivity index (χ2v) is 8.91. The Morgan fingerprint density at radius 2 is 0.898 bits per heavy atom. The Hall–Kier alpha value is -4.69. The van der Waals surface area contributed by atoms with E-state index in [1.165, 1.54) is 6.92 Å². The van der Waals surface area contributed by atoms with Gasteiger partial charge in [0.15, 0.2) is 81.4 Å². The zero-order chi connectivity index (χ0) is 38.5. The molecular weight excluding hydrogens is 697 g/mol. The number of aliphatic hydroxyl groups is 1. The summed E-state index contributed by atoms with van der Waals surface area (Å²) in [6.45, 7) is 11.8. The molecule has 266 valence electrons. The van der Waals surface area contributed by atoms with Crippen LogP contribution >= 0.6 is 0 Å². The summed E-state index contributed by atoms with van der Waals surface area (Å²) in [7, 11) is 1.00. The van der Waals surface area contributed by atoms with E-state index in [0.29, 0.717) is 18.2 Å². The molecule has 16 heteroatoms. The van der Waals surface area contributed by atoms with Crippen molar-refractivity contribution in [2.45, 2.75) is 27.2 Å². The van der Waals surface area contributed by atoms with E-state index in [9.17, 15) is 65.9 Å². The predicted molar refractivity (Wildman–Crippen MR) is 149 cm³/mol. The highest BCUT2D eigenvalue weighted by molar-refractivity contribution is 5.49. The van der Waals surface area contributed by atoms with Gasteiger partial charge in [-0.2, -0.15) is 0 Å². The Kier molecular flexibility index (Phi) is 18.1. The third-order valence-electron chi connectivity index (χ3n) is 5.62.